The topological polar surface area (TPSA) is 26.0 Å². The minimum atomic E-state index is -0.154. The smallest absolute Gasteiger partial charge is 0.126 e. The van der Waals surface area contributed by atoms with Gasteiger partial charge >= 0.3 is 0 Å². The molecule has 90 valence electrons. The molecular weight excluding hydrogens is 221 g/mol. The van der Waals surface area contributed by atoms with Gasteiger partial charge in [-0.1, -0.05) is 39.0 Å². The van der Waals surface area contributed by atoms with Gasteiger partial charge in [0.1, 0.15) is 5.82 Å². The molecule has 1 atom stereocenters. The maximum absolute atomic E-state index is 13.4. The molecule has 0 bridgehead atoms. The number of benzene rings is 1. The van der Waals surface area contributed by atoms with Crippen LogP contribution in [0.25, 0.3) is 0 Å². The van der Waals surface area contributed by atoms with Gasteiger partial charge in [-0.25, -0.2) is 4.39 Å². The van der Waals surface area contributed by atoms with E-state index in [-0.39, 0.29) is 16.6 Å². The lowest BCUT2D eigenvalue weighted by atomic mass is 10.1. The molecule has 0 spiro atoms. The normalized spacial score (nSPS) is 13.8. The summed E-state index contributed by atoms with van der Waals surface area (Å²) in [6.45, 7) is 6.48. The number of nitrogens with two attached hydrogens (primary N) is 1. The molecule has 0 aromatic heterocycles. The molecule has 16 heavy (non-hydrogen) atoms. The van der Waals surface area contributed by atoms with Crippen molar-refractivity contribution < 1.29 is 4.39 Å². The van der Waals surface area contributed by atoms with Crippen molar-refractivity contribution >= 4 is 11.8 Å². The highest BCUT2D eigenvalue weighted by Crippen LogP contribution is 2.24. The van der Waals surface area contributed by atoms with Crippen LogP contribution in [-0.2, 0) is 6.42 Å². The molecule has 1 aromatic rings. The van der Waals surface area contributed by atoms with E-state index in [1.165, 1.54) is 6.07 Å². The van der Waals surface area contributed by atoms with Crippen molar-refractivity contribution in [3.63, 3.8) is 0 Å². The summed E-state index contributed by atoms with van der Waals surface area (Å²) in [7, 11) is 0. The van der Waals surface area contributed by atoms with Crippen LogP contribution in [-0.4, -0.2) is 16.5 Å². The largest absolute Gasteiger partial charge is 0.327 e. The fraction of sp³-hybridized carbons (Fsp3) is 0.538. The van der Waals surface area contributed by atoms with Crippen molar-refractivity contribution in [2.75, 3.05) is 5.75 Å². The molecule has 3 heteroatoms. The minimum Gasteiger partial charge on any atom is -0.327 e. The lowest BCUT2D eigenvalue weighted by molar-refractivity contribution is 0.597. The first-order chi connectivity index (χ1) is 7.38. The van der Waals surface area contributed by atoms with Crippen LogP contribution in [0, 0.1) is 5.82 Å². The first-order valence-electron chi connectivity index (χ1n) is 5.51. The van der Waals surface area contributed by atoms with Crippen molar-refractivity contribution in [1.29, 1.82) is 0 Å². The van der Waals surface area contributed by atoms with Crippen LogP contribution in [0.1, 0.15) is 26.3 Å². The molecule has 0 amide bonds. The van der Waals surface area contributed by atoms with E-state index < -0.39 is 0 Å². The van der Waals surface area contributed by atoms with Crippen LogP contribution in [0.2, 0.25) is 0 Å². The number of thioether (sulfide) groups is 1. The summed E-state index contributed by atoms with van der Waals surface area (Å²) in [5.41, 5.74) is 6.71. The number of rotatable bonds is 4. The van der Waals surface area contributed by atoms with Gasteiger partial charge < -0.3 is 5.73 Å². The lowest BCUT2D eigenvalue weighted by Crippen LogP contribution is -2.28. The summed E-state index contributed by atoms with van der Waals surface area (Å²) in [6, 6.07) is 6.85. The van der Waals surface area contributed by atoms with Gasteiger partial charge in [0.15, 0.2) is 0 Å². The van der Waals surface area contributed by atoms with Crippen LogP contribution in [0.5, 0.6) is 0 Å². The van der Waals surface area contributed by atoms with Crippen LogP contribution in [0.15, 0.2) is 24.3 Å². The number of hydrogen-bond acceptors (Lipinski definition) is 2. The molecule has 1 unspecified atom stereocenters. The average molecular weight is 241 g/mol. The zero-order chi connectivity index (χ0) is 12.2. The molecule has 0 heterocycles. The second-order valence-electron chi connectivity index (χ2n) is 4.98. The first kappa shape index (κ1) is 13.5. The highest BCUT2D eigenvalue weighted by molar-refractivity contribution is 8.00. The Morgan fingerprint density at radius 2 is 1.94 bits per heavy atom. The van der Waals surface area contributed by atoms with E-state index in [0.29, 0.717) is 12.0 Å². The van der Waals surface area contributed by atoms with Gasteiger partial charge in [0.2, 0.25) is 0 Å². The van der Waals surface area contributed by atoms with Crippen molar-refractivity contribution in [2.24, 2.45) is 5.73 Å². The van der Waals surface area contributed by atoms with E-state index in [0.717, 1.165) is 5.75 Å². The van der Waals surface area contributed by atoms with Crippen molar-refractivity contribution in [2.45, 2.75) is 38.0 Å². The number of hydrogen-bond donors (Lipinski definition) is 1. The second kappa shape index (κ2) is 5.69. The Morgan fingerprint density at radius 3 is 2.50 bits per heavy atom. The summed E-state index contributed by atoms with van der Waals surface area (Å²) in [5, 5.41) is 0. The van der Waals surface area contributed by atoms with Gasteiger partial charge in [-0.3, -0.25) is 0 Å². The molecule has 2 N–H and O–H groups in total. The summed E-state index contributed by atoms with van der Waals surface area (Å²) < 4.78 is 13.6. The molecule has 0 fully saturated rings. The van der Waals surface area contributed by atoms with Gasteiger partial charge in [0, 0.05) is 16.5 Å². The minimum absolute atomic E-state index is 0.0149. The molecular formula is C13H20FNS. The van der Waals surface area contributed by atoms with E-state index in [4.69, 9.17) is 5.73 Å². The van der Waals surface area contributed by atoms with Crippen LogP contribution in [0.3, 0.4) is 0 Å². The Morgan fingerprint density at radius 1 is 1.31 bits per heavy atom. The fourth-order valence-corrected chi connectivity index (χ4v) is 2.19. The fourth-order valence-electron chi connectivity index (χ4n) is 1.36. The van der Waals surface area contributed by atoms with E-state index >= 15 is 0 Å². The van der Waals surface area contributed by atoms with Crippen LogP contribution in [0.4, 0.5) is 4.39 Å². The highest BCUT2D eigenvalue weighted by atomic mass is 32.2. The van der Waals surface area contributed by atoms with Gasteiger partial charge in [-0.2, -0.15) is 11.8 Å². The number of halogens is 1. The summed E-state index contributed by atoms with van der Waals surface area (Å²) in [4.78, 5) is 0. The predicted molar refractivity (Wildman–Crippen MR) is 70.3 cm³/mol. The van der Waals surface area contributed by atoms with Crippen molar-refractivity contribution in [1.82, 2.24) is 0 Å². The monoisotopic (exact) mass is 241 g/mol. The summed E-state index contributed by atoms with van der Waals surface area (Å²) in [5.74, 6) is 0.705. The van der Waals surface area contributed by atoms with Crippen LogP contribution < -0.4 is 5.73 Å². The molecule has 0 saturated carbocycles. The Balaban J connectivity index is 2.46. The quantitative estimate of drug-likeness (QED) is 0.876. The molecule has 1 nitrogen and oxygen atoms in total. The molecule has 0 aliphatic heterocycles. The van der Waals surface area contributed by atoms with Gasteiger partial charge in [0.05, 0.1) is 0 Å². The third-order valence-electron chi connectivity index (χ3n) is 2.17. The third-order valence-corrected chi connectivity index (χ3v) is 3.63. The lowest BCUT2D eigenvalue weighted by Gasteiger charge is -2.20. The van der Waals surface area contributed by atoms with Crippen molar-refractivity contribution in [3.05, 3.63) is 35.6 Å². The predicted octanol–water partition coefficient (Wildman–Crippen LogP) is 3.23. The molecule has 0 aliphatic rings. The maximum Gasteiger partial charge on any atom is 0.126 e. The zero-order valence-corrected chi connectivity index (χ0v) is 11.0. The van der Waals surface area contributed by atoms with E-state index in [1.54, 1.807) is 12.1 Å². The Hall–Kier alpha value is -0.540. The second-order valence-corrected chi connectivity index (χ2v) is 6.83. The van der Waals surface area contributed by atoms with Crippen molar-refractivity contribution in [3.8, 4) is 0 Å². The molecule has 0 radical (unpaired) electrons. The van der Waals surface area contributed by atoms with E-state index in [1.807, 2.05) is 17.8 Å². The average Bonchev–Trinajstić information content (AvgIpc) is 2.18. The highest BCUT2D eigenvalue weighted by Gasteiger charge is 2.14. The van der Waals surface area contributed by atoms with Gasteiger partial charge in [0.25, 0.3) is 0 Å². The van der Waals surface area contributed by atoms with E-state index in [2.05, 4.69) is 20.8 Å². The molecule has 0 saturated heterocycles. The summed E-state index contributed by atoms with van der Waals surface area (Å²) in [6.07, 6.45) is 0.607. The van der Waals surface area contributed by atoms with Gasteiger partial charge in [-0.05, 0) is 18.1 Å². The van der Waals surface area contributed by atoms with Gasteiger partial charge in [-0.15, -0.1) is 0 Å². The first-order valence-corrected chi connectivity index (χ1v) is 6.50. The Kier molecular flexibility index (Phi) is 4.81. The molecule has 0 aliphatic carbocycles. The van der Waals surface area contributed by atoms with E-state index in [9.17, 15) is 4.39 Å². The third kappa shape index (κ3) is 4.99. The molecule has 1 rings (SSSR count). The standard InChI is InChI=1S/C13H20FNS/c1-13(2,3)16-9-11(15)8-10-6-4-5-7-12(10)14/h4-7,11H,8-9,15H2,1-3H3. The maximum atomic E-state index is 13.4. The zero-order valence-electron chi connectivity index (χ0n) is 10.2. The molecule has 1 aromatic carbocycles. The van der Waals surface area contributed by atoms with Crippen LogP contribution >= 0.6 is 11.8 Å². The Labute approximate surface area is 102 Å². The SMILES string of the molecule is CC(C)(C)SCC(N)Cc1ccccc1F. The Bertz CT molecular complexity index is 333. The summed E-state index contributed by atoms with van der Waals surface area (Å²) >= 11 is 1.82.